The molecule has 0 spiro atoms. The van der Waals surface area contributed by atoms with Crippen LogP contribution in [0, 0.1) is 0 Å². The van der Waals surface area contributed by atoms with Crippen LogP contribution in [0.1, 0.15) is 129 Å². The van der Waals surface area contributed by atoms with Crippen LogP contribution in [0.25, 0.3) is 0 Å². The molecule has 6 heteroatoms. The number of rotatable bonds is 26. The molecule has 6 nitrogen and oxygen atoms in total. The standard InChI is InChI=1S/C33H56O6/c1-3-5-7-9-11-12-13-14-15-17-18-20-23-30-31(39-30)24-22-26-32(35)37-28-29(27-34)38-33(36)25-21-19-16-10-8-6-4-2/h11-12,14-15,18,20,29-31,34H,3-10,13,16-17,19,21-28H2,1-2H3/b12-11-,15-14-,20-18-/t29-,30?,31?/m0/s1. The van der Waals surface area contributed by atoms with Crippen LogP contribution in [-0.2, 0) is 23.8 Å². The van der Waals surface area contributed by atoms with E-state index < -0.39 is 6.10 Å². The Hall–Kier alpha value is -1.92. The Kier molecular flexibility index (Phi) is 22.6. The summed E-state index contributed by atoms with van der Waals surface area (Å²) in [6, 6.07) is 0. The highest BCUT2D eigenvalue weighted by molar-refractivity contribution is 5.70. The molecule has 0 aromatic rings. The average molecular weight is 549 g/mol. The summed E-state index contributed by atoms with van der Waals surface area (Å²) in [5.41, 5.74) is 0. The molecule has 0 aliphatic carbocycles. The van der Waals surface area contributed by atoms with E-state index in [1.54, 1.807) is 0 Å². The van der Waals surface area contributed by atoms with Crippen molar-refractivity contribution in [3.05, 3.63) is 36.5 Å². The van der Waals surface area contributed by atoms with E-state index in [0.717, 1.165) is 44.9 Å². The minimum Gasteiger partial charge on any atom is -0.462 e. The summed E-state index contributed by atoms with van der Waals surface area (Å²) < 4.78 is 16.2. The van der Waals surface area contributed by atoms with Crippen molar-refractivity contribution in [1.29, 1.82) is 0 Å². The number of carbonyl (C=O) groups is 2. The van der Waals surface area contributed by atoms with E-state index in [9.17, 15) is 14.7 Å². The van der Waals surface area contributed by atoms with Crippen molar-refractivity contribution in [3.63, 3.8) is 0 Å². The summed E-state index contributed by atoms with van der Waals surface area (Å²) in [5, 5.41) is 9.46. The number of allylic oxidation sites excluding steroid dienone is 5. The van der Waals surface area contributed by atoms with Crippen LogP contribution in [0.2, 0.25) is 0 Å². The topological polar surface area (TPSA) is 85.4 Å². The number of hydrogen-bond donors (Lipinski definition) is 1. The fourth-order valence-electron chi connectivity index (χ4n) is 4.34. The monoisotopic (exact) mass is 548 g/mol. The molecule has 1 aliphatic rings. The smallest absolute Gasteiger partial charge is 0.306 e. The van der Waals surface area contributed by atoms with Crippen molar-refractivity contribution in [2.75, 3.05) is 13.2 Å². The van der Waals surface area contributed by atoms with Crippen molar-refractivity contribution in [1.82, 2.24) is 0 Å². The lowest BCUT2D eigenvalue weighted by atomic mass is 10.1. The average Bonchev–Trinajstić information content (AvgIpc) is 3.68. The van der Waals surface area contributed by atoms with E-state index in [1.807, 2.05) is 0 Å². The van der Waals surface area contributed by atoms with Gasteiger partial charge in [0, 0.05) is 12.8 Å². The van der Waals surface area contributed by atoms with Crippen molar-refractivity contribution in [3.8, 4) is 0 Å². The number of esters is 2. The van der Waals surface area contributed by atoms with Gasteiger partial charge in [0.05, 0.1) is 18.8 Å². The van der Waals surface area contributed by atoms with Gasteiger partial charge in [0.15, 0.2) is 6.10 Å². The van der Waals surface area contributed by atoms with Gasteiger partial charge in [0.25, 0.3) is 0 Å². The van der Waals surface area contributed by atoms with Crippen LogP contribution < -0.4 is 0 Å². The predicted octanol–water partition coefficient (Wildman–Crippen LogP) is 7.93. The molecular formula is C33H56O6. The molecule has 0 radical (unpaired) electrons. The maximum atomic E-state index is 12.0. The third kappa shape index (κ3) is 21.6. The molecule has 1 N–H and O–H groups in total. The van der Waals surface area contributed by atoms with Gasteiger partial charge in [-0.15, -0.1) is 0 Å². The number of hydrogen-bond acceptors (Lipinski definition) is 6. The molecule has 39 heavy (non-hydrogen) atoms. The number of carbonyl (C=O) groups excluding carboxylic acids is 2. The van der Waals surface area contributed by atoms with Gasteiger partial charge in [0.1, 0.15) is 6.61 Å². The Bertz CT molecular complexity index is 698. The highest BCUT2D eigenvalue weighted by Gasteiger charge is 2.36. The molecule has 1 heterocycles. The molecule has 1 fully saturated rings. The van der Waals surface area contributed by atoms with E-state index in [-0.39, 0.29) is 37.4 Å². The van der Waals surface area contributed by atoms with Crippen LogP contribution >= 0.6 is 0 Å². The Labute approximate surface area is 238 Å². The zero-order chi connectivity index (χ0) is 28.4. The summed E-state index contributed by atoms with van der Waals surface area (Å²) in [6.07, 6.45) is 30.9. The van der Waals surface area contributed by atoms with Crippen molar-refractivity contribution in [2.24, 2.45) is 0 Å². The first-order valence-electron chi connectivity index (χ1n) is 15.7. The van der Waals surface area contributed by atoms with E-state index >= 15 is 0 Å². The van der Waals surface area contributed by atoms with Gasteiger partial charge in [-0.25, -0.2) is 0 Å². The predicted molar refractivity (Wildman–Crippen MR) is 158 cm³/mol. The highest BCUT2D eigenvalue weighted by Crippen LogP contribution is 2.30. The first-order chi connectivity index (χ1) is 19.1. The van der Waals surface area contributed by atoms with Crippen molar-refractivity contribution >= 4 is 11.9 Å². The SMILES string of the molecule is CCCCC/C=C\C/C=C\C/C=C\CC1OC1CCCC(=O)OC[C@H](CO)OC(=O)CCCCCCCCC. The van der Waals surface area contributed by atoms with Crippen LogP contribution in [0.3, 0.4) is 0 Å². The van der Waals surface area contributed by atoms with Crippen LogP contribution in [-0.4, -0.2) is 48.6 Å². The second-order valence-electron chi connectivity index (χ2n) is 10.6. The lowest BCUT2D eigenvalue weighted by Crippen LogP contribution is -2.28. The number of unbranched alkanes of at least 4 members (excludes halogenated alkanes) is 9. The Balaban J connectivity index is 2.00. The van der Waals surface area contributed by atoms with Gasteiger partial charge in [-0.2, -0.15) is 0 Å². The van der Waals surface area contributed by atoms with Gasteiger partial charge >= 0.3 is 11.9 Å². The molecule has 1 aliphatic heterocycles. The van der Waals surface area contributed by atoms with Gasteiger partial charge in [-0.05, 0) is 51.4 Å². The molecule has 2 unspecified atom stereocenters. The third-order valence-electron chi connectivity index (χ3n) is 6.86. The summed E-state index contributed by atoms with van der Waals surface area (Å²) in [7, 11) is 0. The summed E-state index contributed by atoms with van der Waals surface area (Å²) in [4.78, 5) is 24.0. The van der Waals surface area contributed by atoms with Gasteiger partial charge in [-0.3, -0.25) is 9.59 Å². The zero-order valence-corrected chi connectivity index (χ0v) is 24.8. The number of aliphatic hydroxyl groups excluding tert-OH is 1. The van der Waals surface area contributed by atoms with Crippen LogP contribution in [0.15, 0.2) is 36.5 Å². The number of ether oxygens (including phenoxy) is 3. The Morgan fingerprint density at radius 2 is 1.36 bits per heavy atom. The van der Waals surface area contributed by atoms with Crippen molar-refractivity contribution < 1.29 is 28.9 Å². The second-order valence-corrected chi connectivity index (χ2v) is 10.6. The minimum atomic E-state index is -0.796. The highest BCUT2D eigenvalue weighted by atomic mass is 16.6. The lowest BCUT2D eigenvalue weighted by molar-refractivity contribution is -0.161. The van der Waals surface area contributed by atoms with Gasteiger partial charge in [-0.1, -0.05) is 102 Å². The van der Waals surface area contributed by atoms with E-state index in [4.69, 9.17) is 14.2 Å². The molecule has 0 saturated carbocycles. The van der Waals surface area contributed by atoms with Gasteiger partial charge in [0.2, 0.25) is 0 Å². The Morgan fingerprint density at radius 3 is 2.08 bits per heavy atom. The Morgan fingerprint density at radius 1 is 0.744 bits per heavy atom. The van der Waals surface area contributed by atoms with Gasteiger partial charge < -0.3 is 19.3 Å². The number of epoxide rings is 1. The molecule has 1 saturated heterocycles. The fourth-order valence-corrected chi connectivity index (χ4v) is 4.34. The maximum Gasteiger partial charge on any atom is 0.306 e. The maximum absolute atomic E-state index is 12.0. The van der Waals surface area contributed by atoms with Crippen LogP contribution in [0.5, 0.6) is 0 Å². The van der Waals surface area contributed by atoms with Crippen molar-refractivity contribution in [2.45, 2.75) is 148 Å². The molecule has 0 bridgehead atoms. The van der Waals surface area contributed by atoms with E-state index in [1.165, 1.54) is 51.4 Å². The van der Waals surface area contributed by atoms with Crippen LogP contribution in [0.4, 0.5) is 0 Å². The number of aliphatic hydroxyl groups is 1. The molecular weight excluding hydrogens is 492 g/mol. The molecule has 0 aromatic heterocycles. The lowest BCUT2D eigenvalue weighted by Gasteiger charge is -2.15. The summed E-state index contributed by atoms with van der Waals surface area (Å²) >= 11 is 0. The normalized spacial score (nSPS) is 17.8. The first kappa shape index (κ1) is 35.1. The zero-order valence-electron chi connectivity index (χ0n) is 24.8. The fraction of sp³-hybridized carbons (Fsp3) is 0.758. The quantitative estimate of drug-likeness (QED) is 0.0511. The largest absolute Gasteiger partial charge is 0.462 e. The summed E-state index contributed by atoms with van der Waals surface area (Å²) in [5.74, 6) is -0.678. The van der Waals surface area contributed by atoms with E-state index in [0.29, 0.717) is 19.3 Å². The third-order valence-corrected chi connectivity index (χ3v) is 6.86. The molecule has 0 amide bonds. The molecule has 0 aromatic carbocycles. The van der Waals surface area contributed by atoms with E-state index in [2.05, 4.69) is 50.3 Å². The molecule has 3 atom stereocenters. The molecule has 1 rings (SSSR count). The minimum absolute atomic E-state index is 0.102. The summed E-state index contributed by atoms with van der Waals surface area (Å²) in [6.45, 7) is 3.97. The molecule has 224 valence electrons. The first-order valence-corrected chi connectivity index (χ1v) is 15.7. The second kappa shape index (κ2) is 25.1.